The molecule has 0 radical (unpaired) electrons. The predicted molar refractivity (Wildman–Crippen MR) is 84.1 cm³/mol. The van der Waals surface area contributed by atoms with Crippen molar-refractivity contribution in [1.29, 1.82) is 0 Å². The molecule has 1 heterocycles. The molecule has 1 aliphatic rings. The molecule has 2 aromatic rings. The number of amides is 1. The molecule has 1 N–H and O–H groups in total. The first kappa shape index (κ1) is 14.9. The van der Waals surface area contributed by atoms with Gasteiger partial charge in [0, 0.05) is 28.3 Å². The quantitative estimate of drug-likeness (QED) is 0.943. The number of carbonyl (C=O) groups is 1. The number of carbonyl (C=O) groups excluding carboxylic acids is 1. The van der Waals surface area contributed by atoms with Crippen LogP contribution < -0.4 is 10.1 Å². The lowest BCUT2D eigenvalue weighted by atomic mass is 10.1. The minimum Gasteiger partial charge on any atom is -0.467 e. The van der Waals surface area contributed by atoms with Crippen molar-refractivity contribution in [2.75, 3.05) is 6.79 Å². The molecule has 0 unspecified atom stereocenters. The van der Waals surface area contributed by atoms with E-state index in [9.17, 15) is 4.79 Å². The highest BCUT2D eigenvalue weighted by molar-refractivity contribution is 6.30. The Morgan fingerprint density at radius 2 is 2.18 bits per heavy atom. The topological polar surface area (TPSA) is 47.6 Å². The predicted octanol–water partition coefficient (Wildman–Crippen LogP) is 3.44. The van der Waals surface area contributed by atoms with Crippen LogP contribution in [0, 0.1) is 6.92 Å². The van der Waals surface area contributed by atoms with Gasteiger partial charge in [0.1, 0.15) is 5.75 Å². The zero-order chi connectivity index (χ0) is 15.5. The molecule has 0 fully saturated rings. The summed E-state index contributed by atoms with van der Waals surface area (Å²) in [7, 11) is 0. The molecule has 0 atom stereocenters. The van der Waals surface area contributed by atoms with Gasteiger partial charge >= 0.3 is 0 Å². The monoisotopic (exact) mass is 317 g/mol. The van der Waals surface area contributed by atoms with Gasteiger partial charge in [-0.05, 0) is 31.2 Å². The van der Waals surface area contributed by atoms with Gasteiger partial charge < -0.3 is 14.8 Å². The van der Waals surface area contributed by atoms with Crippen LogP contribution in [0.3, 0.4) is 0 Å². The molecular weight excluding hydrogens is 302 g/mol. The molecule has 0 spiro atoms. The van der Waals surface area contributed by atoms with Gasteiger partial charge in [0.15, 0.2) is 6.79 Å². The number of hydrogen-bond acceptors (Lipinski definition) is 3. The molecule has 1 aliphatic heterocycles. The average molecular weight is 318 g/mol. The molecule has 114 valence electrons. The van der Waals surface area contributed by atoms with Crippen LogP contribution in [-0.4, -0.2) is 12.7 Å². The maximum atomic E-state index is 12.2. The van der Waals surface area contributed by atoms with Gasteiger partial charge in [-0.3, -0.25) is 4.79 Å². The average Bonchev–Trinajstić information content (AvgIpc) is 2.52. The number of fused-ring (bicyclic) bond motifs is 1. The van der Waals surface area contributed by atoms with Gasteiger partial charge in [-0.15, -0.1) is 0 Å². The molecule has 0 aliphatic carbocycles. The largest absolute Gasteiger partial charge is 0.467 e. The van der Waals surface area contributed by atoms with E-state index in [-0.39, 0.29) is 12.7 Å². The van der Waals surface area contributed by atoms with E-state index in [0.29, 0.717) is 23.7 Å². The molecule has 2 aromatic carbocycles. The van der Waals surface area contributed by atoms with Crippen molar-refractivity contribution in [1.82, 2.24) is 5.32 Å². The zero-order valence-electron chi connectivity index (χ0n) is 12.2. The molecule has 0 saturated carbocycles. The van der Waals surface area contributed by atoms with Crippen LogP contribution in [0.25, 0.3) is 0 Å². The Morgan fingerprint density at radius 3 is 3.00 bits per heavy atom. The van der Waals surface area contributed by atoms with Crippen LogP contribution in [0.15, 0.2) is 36.4 Å². The van der Waals surface area contributed by atoms with Crippen molar-refractivity contribution >= 4 is 17.5 Å². The van der Waals surface area contributed by atoms with Gasteiger partial charge in [0.05, 0.1) is 6.61 Å². The highest BCUT2D eigenvalue weighted by atomic mass is 35.5. The first-order chi connectivity index (χ1) is 10.6. The first-order valence-electron chi connectivity index (χ1n) is 7.00. The van der Waals surface area contributed by atoms with Crippen LogP contribution in [0.4, 0.5) is 0 Å². The minimum atomic E-state index is -0.121. The zero-order valence-corrected chi connectivity index (χ0v) is 12.9. The second kappa shape index (κ2) is 6.38. The van der Waals surface area contributed by atoms with Crippen LogP contribution in [0.2, 0.25) is 5.02 Å². The number of benzene rings is 2. The molecule has 3 rings (SSSR count). The molecule has 5 heteroatoms. The van der Waals surface area contributed by atoms with E-state index in [2.05, 4.69) is 5.32 Å². The maximum absolute atomic E-state index is 12.2. The fraction of sp³-hybridized carbons (Fsp3) is 0.235. The van der Waals surface area contributed by atoms with E-state index in [1.165, 1.54) is 0 Å². The summed E-state index contributed by atoms with van der Waals surface area (Å²) in [5.74, 6) is 0.629. The lowest BCUT2D eigenvalue weighted by Crippen LogP contribution is -2.24. The molecule has 0 saturated heterocycles. The number of nitrogens with one attached hydrogen (secondary N) is 1. The van der Waals surface area contributed by atoms with Crippen LogP contribution in [0.1, 0.15) is 27.0 Å². The summed E-state index contributed by atoms with van der Waals surface area (Å²) >= 11 is 6.11. The first-order valence-corrected chi connectivity index (χ1v) is 7.38. The standard InChI is InChI=1S/C17H16ClNO3/c1-11-3-2-4-12(5-11)17(20)19-8-13-6-15(18)7-14-9-21-10-22-16(13)14/h2-7H,8-10H2,1H3,(H,19,20). The highest BCUT2D eigenvalue weighted by Crippen LogP contribution is 2.31. The summed E-state index contributed by atoms with van der Waals surface area (Å²) in [4.78, 5) is 12.2. The summed E-state index contributed by atoms with van der Waals surface area (Å²) in [6.45, 7) is 3.00. The summed E-state index contributed by atoms with van der Waals surface area (Å²) in [5, 5.41) is 3.51. The fourth-order valence-electron chi connectivity index (χ4n) is 2.45. The van der Waals surface area contributed by atoms with Gasteiger partial charge in [0.2, 0.25) is 0 Å². The third-order valence-electron chi connectivity index (χ3n) is 3.47. The Morgan fingerprint density at radius 1 is 1.32 bits per heavy atom. The highest BCUT2D eigenvalue weighted by Gasteiger charge is 2.17. The van der Waals surface area contributed by atoms with Crippen molar-refractivity contribution in [3.05, 3.63) is 63.7 Å². The molecule has 1 amide bonds. The number of ether oxygens (including phenoxy) is 2. The Bertz CT molecular complexity index is 715. The van der Waals surface area contributed by atoms with Crippen molar-refractivity contribution in [2.24, 2.45) is 0 Å². The normalized spacial score (nSPS) is 13.2. The number of aryl methyl sites for hydroxylation is 1. The van der Waals surface area contributed by atoms with Crippen LogP contribution in [-0.2, 0) is 17.9 Å². The molecule has 4 nitrogen and oxygen atoms in total. The lowest BCUT2D eigenvalue weighted by molar-refractivity contribution is -0.0170. The Balaban J connectivity index is 1.76. The molecule has 0 bridgehead atoms. The third-order valence-corrected chi connectivity index (χ3v) is 3.69. The summed E-state index contributed by atoms with van der Waals surface area (Å²) in [5.41, 5.74) is 3.44. The van der Waals surface area contributed by atoms with E-state index < -0.39 is 0 Å². The summed E-state index contributed by atoms with van der Waals surface area (Å²) in [6, 6.07) is 11.1. The smallest absolute Gasteiger partial charge is 0.251 e. The number of rotatable bonds is 3. The minimum absolute atomic E-state index is 0.121. The Hall–Kier alpha value is -2.04. The third kappa shape index (κ3) is 3.24. The van der Waals surface area contributed by atoms with Crippen LogP contribution in [0.5, 0.6) is 5.75 Å². The summed E-state index contributed by atoms with van der Waals surface area (Å²) < 4.78 is 10.8. The Labute approximate surface area is 134 Å². The molecular formula is C17H16ClNO3. The van der Waals surface area contributed by atoms with E-state index in [0.717, 1.165) is 22.4 Å². The number of hydrogen-bond donors (Lipinski definition) is 1. The van der Waals surface area contributed by atoms with Gasteiger partial charge in [-0.1, -0.05) is 29.3 Å². The van der Waals surface area contributed by atoms with Gasteiger partial charge in [-0.25, -0.2) is 0 Å². The second-order valence-electron chi connectivity index (χ2n) is 5.22. The molecule has 22 heavy (non-hydrogen) atoms. The van der Waals surface area contributed by atoms with Crippen molar-refractivity contribution in [3.63, 3.8) is 0 Å². The van der Waals surface area contributed by atoms with Crippen LogP contribution >= 0.6 is 11.6 Å². The number of halogens is 1. The van der Waals surface area contributed by atoms with E-state index in [4.69, 9.17) is 21.1 Å². The molecule has 0 aromatic heterocycles. The lowest BCUT2D eigenvalue weighted by Gasteiger charge is -2.21. The maximum Gasteiger partial charge on any atom is 0.251 e. The van der Waals surface area contributed by atoms with E-state index >= 15 is 0 Å². The van der Waals surface area contributed by atoms with Crippen molar-refractivity contribution in [3.8, 4) is 5.75 Å². The van der Waals surface area contributed by atoms with Gasteiger partial charge in [0.25, 0.3) is 5.91 Å². The Kier molecular flexibility index (Phi) is 4.32. The van der Waals surface area contributed by atoms with E-state index in [1.54, 1.807) is 6.07 Å². The second-order valence-corrected chi connectivity index (χ2v) is 5.65. The van der Waals surface area contributed by atoms with Crippen molar-refractivity contribution < 1.29 is 14.3 Å². The van der Waals surface area contributed by atoms with E-state index in [1.807, 2.05) is 37.3 Å². The van der Waals surface area contributed by atoms with Gasteiger partial charge in [-0.2, -0.15) is 0 Å². The fourth-order valence-corrected chi connectivity index (χ4v) is 2.72. The van der Waals surface area contributed by atoms with Crippen molar-refractivity contribution in [2.45, 2.75) is 20.1 Å². The SMILES string of the molecule is Cc1cccc(C(=O)NCc2cc(Cl)cc3c2OCOC3)c1. The summed E-state index contributed by atoms with van der Waals surface area (Å²) in [6.07, 6.45) is 0.